The van der Waals surface area contributed by atoms with Crippen LogP contribution < -0.4 is 5.32 Å². The summed E-state index contributed by atoms with van der Waals surface area (Å²) in [7, 11) is 0. The van der Waals surface area contributed by atoms with E-state index in [0.29, 0.717) is 17.9 Å². The van der Waals surface area contributed by atoms with Crippen molar-refractivity contribution < 1.29 is 19.4 Å². The standard InChI is InChI=1S/C25H31NO4/c1-17(2)7-12-23(28)30-24-21(16-20-5-3-4-6-22(20)24)15-18-8-10-19(11-9-18)25(29)26-13-14-27/h3-6,8-11,17,21,24,27H,7,12-16H2,1-2H3,(H,26,29)/t21-,24?/m1/s1. The Kier molecular flexibility index (Phi) is 7.63. The van der Waals surface area contributed by atoms with Gasteiger partial charge in [0.15, 0.2) is 0 Å². The Morgan fingerprint density at radius 3 is 2.57 bits per heavy atom. The zero-order chi connectivity index (χ0) is 21.5. The molecule has 1 amide bonds. The number of esters is 1. The number of hydrogen-bond acceptors (Lipinski definition) is 4. The largest absolute Gasteiger partial charge is 0.457 e. The van der Waals surface area contributed by atoms with E-state index in [-0.39, 0.29) is 37.0 Å². The third-order valence-electron chi connectivity index (χ3n) is 5.57. The Balaban J connectivity index is 1.69. The predicted octanol–water partition coefficient (Wildman–Crippen LogP) is 3.84. The number of rotatable bonds is 9. The number of carbonyl (C=O) groups excluding carboxylic acids is 2. The summed E-state index contributed by atoms with van der Waals surface area (Å²) in [4.78, 5) is 24.4. The van der Waals surface area contributed by atoms with Crippen LogP contribution in [0.15, 0.2) is 48.5 Å². The third-order valence-corrected chi connectivity index (χ3v) is 5.57. The maximum atomic E-state index is 12.4. The van der Waals surface area contributed by atoms with Crippen LogP contribution in [0.25, 0.3) is 0 Å². The lowest BCUT2D eigenvalue weighted by Gasteiger charge is -2.21. The minimum atomic E-state index is -0.228. The smallest absolute Gasteiger partial charge is 0.306 e. The van der Waals surface area contributed by atoms with Crippen molar-refractivity contribution in [3.8, 4) is 0 Å². The average Bonchev–Trinajstić information content (AvgIpc) is 3.08. The lowest BCUT2D eigenvalue weighted by molar-refractivity contribution is -0.152. The van der Waals surface area contributed by atoms with Gasteiger partial charge in [-0.25, -0.2) is 0 Å². The summed E-state index contributed by atoms with van der Waals surface area (Å²) in [5.41, 5.74) is 4.03. The number of benzene rings is 2. The Labute approximate surface area is 178 Å². The van der Waals surface area contributed by atoms with E-state index in [1.165, 1.54) is 5.56 Å². The monoisotopic (exact) mass is 409 g/mol. The molecule has 30 heavy (non-hydrogen) atoms. The maximum Gasteiger partial charge on any atom is 0.306 e. The van der Waals surface area contributed by atoms with Gasteiger partial charge in [0.05, 0.1) is 6.61 Å². The Bertz CT molecular complexity index is 860. The molecule has 160 valence electrons. The van der Waals surface area contributed by atoms with E-state index in [1.54, 1.807) is 12.1 Å². The number of aliphatic hydroxyl groups excluding tert-OH is 1. The number of amides is 1. The summed E-state index contributed by atoms with van der Waals surface area (Å²) < 4.78 is 5.95. The molecule has 0 saturated carbocycles. The molecule has 0 radical (unpaired) electrons. The van der Waals surface area contributed by atoms with Gasteiger partial charge in [-0.1, -0.05) is 50.2 Å². The van der Waals surface area contributed by atoms with Crippen molar-refractivity contribution in [1.82, 2.24) is 5.32 Å². The van der Waals surface area contributed by atoms with Crippen LogP contribution in [0.3, 0.4) is 0 Å². The molecular formula is C25H31NO4. The quantitative estimate of drug-likeness (QED) is 0.617. The first-order valence-corrected chi connectivity index (χ1v) is 10.7. The second-order valence-corrected chi connectivity index (χ2v) is 8.39. The average molecular weight is 410 g/mol. The minimum Gasteiger partial charge on any atom is -0.457 e. The molecule has 0 saturated heterocycles. The van der Waals surface area contributed by atoms with Gasteiger partial charge in [0.1, 0.15) is 6.10 Å². The lowest BCUT2D eigenvalue weighted by atomic mass is 9.94. The molecule has 0 spiro atoms. The molecule has 2 atom stereocenters. The molecule has 0 aliphatic heterocycles. The van der Waals surface area contributed by atoms with Gasteiger partial charge >= 0.3 is 5.97 Å². The van der Waals surface area contributed by atoms with Crippen LogP contribution in [0.5, 0.6) is 0 Å². The summed E-state index contributed by atoms with van der Waals surface area (Å²) in [5, 5.41) is 11.5. The Hall–Kier alpha value is -2.66. The highest BCUT2D eigenvalue weighted by molar-refractivity contribution is 5.94. The number of carbonyl (C=O) groups is 2. The van der Waals surface area contributed by atoms with E-state index in [4.69, 9.17) is 9.84 Å². The fourth-order valence-corrected chi connectivity index (χ4v) is 3.95. The summed E-state index contributed by atoms with van der Waals surface area (Å²) in [6, 6.07) is 15.7. The molecule has 2 N–H and O–H groups in total. The predicted molar refractivity (Wildman–Crippen MR) is 116 cm³/mol. The van der Waals surface area contributed by atoms with Crippen molar-refractivity contribution in [1.29, 1.82) is 0 Å². The van der Waals surface area contributed by atoms with Crippen molar-refractivity contribution in [3.63, 3.8) is 0 Å². The number of fused-ring (bicyclic) bond motifs is 1. The van der Waals surface area contributed by atoms with Crippen LogP contribution in [0.2, 0.25) is 0 Å². The van der Waals surface area contributed by atoms with Gasteiger partial charge < -0.3 is 15.2 Å². The summed E-state index contributed by atoms with van der Waals surface area (Å²) >= 11 is 0. The van der Waals surface area contributed by atoms with Crippen molar-refractivity contribution in [2.45, 2.75) is 45.6 Å². The second kappa shape index (κ2) is 10.4. The molecule has 0 aromatic heterocycles. The SMILES string of the molecule is CC(C)CCC(=O)OC1c2ccccc2C[C@H]1Cc1ccc(C(=O)NCCO)cc1. The van der Waals surface area contributed by atoms with Gasteiger partial charge in [0.2, 0.25) is 0 Å². The Morgan fingerprint density at radius 1 is 1.13 bits per heavy atom. The van der Waals surface area contributed by atoms with Crippen molar-refractivity contribution >= 4 is 11.9 Å². The third kappa shape index (κ3) is 5.70. The van der Waals surface area contributed by atoms with Gasteiger partial charge in [-0.15, -0.1) is 0 Å². The van der Waals surface area contributed by atoms with E-state index in [9.17, 15) is 9.59 Å². The van der Waals surface area contributed by atoms with E-state index < -0.39 is 0 Å². The van der Waals surface area contributed by atoms with Gasteiger partial charge in [-0.3, -0.25) is 9.59 Å². The molecule has 1 aliphatic rings. The molecule has 1 aliphatic carbocycles. The highest BCUT2D eigenvalue weighted by Crippen LogP contribution is 2.40. The van der Waals surface area contributed by atoms with Crippen LogP contribution in [0, 0.1) is 11.8 Å². The molecule has 5 nitrogen and oxygen atoms in total. The summed E-state index contributed by atoms with van der Waals surface area (Å²) in [6.45, 7) is 4.37. The highest BCUT2D eigenvalue weighted by atomic mass is 16.5. The number of nitrogens with one attached hydrogen (secondary N) is 1. The minimum absolute atomic E-state index is 0.0800. The van der Waals surface area contributed by atoms with E-state index in [0.717, 1.165) is 30.4 Å². The zero-order valence-electron chi connectivity index (χ0n) is 17.8. The van der Waals surface area contributed by atoms with Crippen molar-refractivity contribution in [2.75, 3.05) is 13.2 Å². The summed E-state index contributed by atoms with van der Waals surface area (Å²) in [5.74, 6) is 0.323. The zero-order valence-corrected chi connectivity index (χ0v) is 17.8. The van der Waals surface area contributed by atoms with E-state index in [2.05, 4.69) is 31.3 Å². The first-order valence-electron chi connectivity index (χ1n) is 10.7. The fourth-order valence-electron chi connectivity index (χ4n) is 3.95. The van der Waals surface area contributed by atoms with Gasteiger partial charge in [-0.2, -0.15) is 0 Å². The molecule has 2 aromatic carbocycles. The molecule has 0 heterocycles. The van der Waals surface area contributed by atoms with E-state index in [1.807, 2.05) is 24.3 Å². The van der Waals surface area contributed by atoms with Crippen LogP contribution in [-0.2, 0) is 22.4 Å². The molecule has 1 unspecified atom stereocenters. The van der Waals surface area contributed by atoms with Crippen molar-refractivity contribution in [2.24, 2.45) is 11.8 Å². The molecule has 0 fully saturated rings. The number of ether oxygens (including phenoxy) is 1. The van der Waals surface area contributed by atoms with Gasteiger partial charge in [0.25, 0.3) is 5.91 Å². The fraction of sp³-hybridized carbons (Fsp3) is 0.440. The molecule has 2 aromatic rings. The van der Waals surface area contributed by atoms with Gasteiger partial charge in [0, 0.05) is 24.4 Å². The first-order chi connectivity index (χ1) is 14.5. The molecule has 5 heteroatoms. The van der Waals surface area contributed by atoms with Gasteiger partial charge in [-0.05, 0) is 54.0 Å². The van der Waals surface area contributed by atoms with Crippen LogP contribution in [-0.4, -0.2) is 30.1 Å². The maximum absolute atomic E-state index is 12.4. The van der Waals surface area contributed by atoms with Crippen molar-refractivity contribution in [3.05, 3.63) is 70.8 Å². The Morgan fingerprint density at radius 2 is 1.87 bits per heavy atom. The molecule has 3 rings (SSSR count). The normalized spacial score (nSPS) is 17.6. The van der Waals surface area contributed by atoms with Crippen LogP contribution >= 0.6 is 0 Å². The lowest BCUT2D eigenvalue weighted by Crippen LogP contribution is -2.26. The van der Waals surface area contributed by atoms with E-state index >= 15 is 0 Å². The molecular weight excluding hydrogens is 378 g/mol. The molecule has 0 bridgehead atoms. The first kappa shape index (κ1) is 22.0. The topological polar surface area (TPSA) is 75.6 Å². The van der Waals surface area contributed by atoms with Crippen LogP contribution in [0.4, 0.5) is 0 Å². The second-order valence-electron chi connectivity index (χ2n) is 8.39. The van der Waals surface area contributed by atoms with Crippen LogP contribution in [0.1, 0.15) is 59.8 Å². The highest BCUT2D eigenvalue weighted by Gasteiger charge is 2.35. The number of aliphatic hydroxyl groups is 1. The number of hydrogen-bond donors (Lipinski definition) is 2. The summed E-state index contributed by atoms with van der Waals surface area (Å²) in [6.07, 6.45) is 2.69.